The van der Waals surface area contributed by atoms with Crippen molar-refractivity contribution in [1.82, 2.24) is 4.57 Å². The van der Waals surface area contributed by atoms with Gasteiger partial charge in [-0.2, -0.15) is 0 Å². The van der Waals surface area contributed by atoms with Crippen LogP contribution in [0.2, 0.25) is 0 Å². The van der Waals surface area contributed by atoms with Crippen molar-refractivity contribution in [2.75, 3.05) is 0 Å². The summed E-state index contributed by atoms with van der Waals surface area (Å²) in [6.07, 6.45) is 0. The summed E-state index contributed by atoms with van der Waals surface area (Å²) in [6, 6.07) is 36.2. The third kappa shape index (κ3) is 6.19. The van der Waals surface area contributed by atoms with Crippen molar-refractivity contribution < 1.29 is 0 Å². The molecule has 0 N–H and O–H groups in total. The van der Waals surface area contributed by atoms with Gasteiger partial charge in [0.05, 0.1) is 11.0 Å². The number of thiol groups is 2. The van der Waals surface area contributed by atoms with E-state index in [9.17, 15) is 0 Å². The standard InChI is InChI=1S/C19H15N.C7H8.C2H6.H2S2/c1-14-10-12-15(13-11-14)20-18-8-4-2-6-16(18)17-7-3-5-9-19(17)20;1-7-5-3-2-4-6-7;2*1-2/h2-13H,1H3;2-6H,1H3;1-2H3;1-2H. The first kappa shape index (κ1) is 24.6. The molecule has 0 saturated carbocycles. The highest BCUT2D eigenvalue weighted by Gasteiger charge is 2.10. The highest BCUT2D eigenvalue weighted by molar-refractivity contribution is 8.59. The number of hydrogen-bond acceptors (Lipinski definition) is 2. The lowest BCUT2D eigenvalue weighted by atomic mass is 10.2. The van der Waals surface area contributed by atoms with E-state index < -0.39 is 0 Å². The first-order valence-electron chi connectivity index (χ1n) is 10.5. The lowest BCUT2D eigenvalue weighted by Crippen LogP contribution is -1.93. The molecule has 160 valence electrons. The van der Waals surface area contributed by atoms with Crippen LogP contribution in [0.3, 0.4) is 0 Å². The SMILES string of the molecule is CC.Cc1ccc(-n2c3ccccc3c3ccccc32)cc1.Cc1ccccc1.SS. The predicted octanol–water partition coefficient (Wildman–Crippen LogP) is 8.87. The monoisotopic (exact) mass is 445 g/mol. The molecule has 0 aliphatic rings. The molecule has 0 aliphatic heterocycles. The minimum Gasteiger partial charge on any atom is -0.309 e. The van der Waals surface area contributed by atoms with Crippen LogP contribution in [0.4, 0.5) is 0 Å². The van der Waals surface area contributed by atoms with Gasteiger partial charge in [0.15, 0.2) is 0 Å². The quantitative estimate of drug-likeness (QED) is 0.188. The molecule has 0 spiro atoms. The highest BCUT2D eigenvalue weighted by atomic mass is 33.1. The molecule has 4 aromatic carbocycles. The van der Waals surface area contributed by atoms with Crippen molar-refractivity contribution in [3.05, 3.63) is 114 Å². The zero-order chi connectivity index (χ0) is 22.6. The second-order valence-electron chi connectivity index (χ2n) is 6.86. The largest absolute Gasteiger partial charge is 0.309 e. The summed E-state index contributed by atoms with van der Waals surface area (Å²) in [5, 5.41) is 2.62. The van der Waals surface area contributed by atoms with Gasteiger partial charge in [0.1, 0.15) is 0 Å². The molecule has 31 heavy (non-hydrogen) atoms. The third-order valence-corrected chi connectivity index (χ3v) is 4.81. The Hall–Kier alpha value is -2.62. The summed E-state index contributed by atoms with van der Waals surface area (Å²) in [7, 11) is 0. The Labute approximate surface area is 197 Å². The molecule has 0 atom stereocenters. The average molecular weight is 446 g/mol. The molecule has 5 aromatic rings. The van der Waals surface area contributed by atoms with Gasteiger partial charge in [0.2, 0.25) is 0 Å². The van der Waals surface area contributed by atoms with Crippen molar-refractivity contribution in [2.24, 2.45) is 0 Å². The maximum absolute atomic E-state index is 3.22. The molecule has 0 fully saturated rings. The molecule has 0 unspecified atom stereocenters. The van der Waals surface area contributed by atoms with Gasteiger partial charge in [-0.25, -0.2) is 0 Å². The number of fused-ring (bicyclic) bond motifs is 3. The van der Waals surface area contributed by atoms with Gasteiger partial charge < -0.3 is 4.57 Å². The first-order chi connectivity index (χ1) is 15.2. The summed E-state index contributed by atoms with van der Waals surface area (Å²) >= 11 is 6.44. The van der Waals surface area contributed by atoms with Crippen LogP contribution in [0, 0.1) is 13.8 Å². The van der Waals surface area contributed by atoms with Gasteiger partial charge in [0.25, 0.3) is 0 Å². The van der Waals surface area contributed by atoms with Gasteiger partial charge in [0, 0.05) is 16.5 Å². The van der Waals surface area contributed by atoms with Crippen LogP contribution in [0.5, 0.6) is 0 Å². The summed E-state index contributed by atoms with van der Waals surface area (Å²) in [5.74, 6) is 0. The zero-order valence-corrected chi connectivity index (χ0v) is 20.4. The van der Waals surface area contributed by atoms with E-state index in [1.165, 1.54) is 38.6 Å². The maximum Gasteiger partial charge on any atom is 0.0541 e. The molecule has 0 radical (unpaired) electrons. The van der Waals surface area contributed by atoms with Crippen molar-refractivity contribution in [3.63, 3.8) is 0 Å². The van der Waals surface area contributed by atoms with Crippen LogP contribution in [-0.2, 0) is 0 Å². The molecule has 1 nitrogen and oxygen atoms in total. The van der Waals surface area contributed by atoms with E-state index in [2.05, 4.69) is 127 Å². The molecule has 0 saturated heterocycles. The van der Waals surface area contributed by atoms with Crippen molar-refractivity contribution >= 4 is 45.1 Å². The number of benzene rings is 4. The van der Waals surface area contributed by atoms with Crippen LogP contribution in [0.1, 0.15) is 25.0 Å². The normalized spacial score (nSPS) is 9.61. The summed E-state index contributed by atoms with van der Waals surface area (Å²) < 4.78 is 2.34. The molecule has 3 heteroatoms. The van der Waals surface area contributed by atoms with Gasteiger partial charge >= 0.3 is 0 Å². The fourth-order valence-corrected chi connectivity index (χ4v) is 3.43. The van der Waals surface area contributed by atoms with Crippen LogP contribution in [0.25, 0.3) is 27.5 Å². The first-order valence-corrected chi connectivity index (χ1v) is 12.1. The van der Waals surface area contributed by atoms with E-state index in [1.54, 1.807) is 0 Å². The van der Waals surface area contributed by atoms with E-state index in [1.807, 2.05) is 32.0 Å². The fourth-order valence-electron chi connectivity index (χ4n) is 3.43. The number of para-hydroxylation sites is 2. The predicted molar refractivity (Wildman–Crippen MR) is 146 cm³/mol. The zero-order valence-electron chi connectivity index (χ0n) is 18.7. The van der Waals surface area contributed by atoms with Crippen LogP contribution < -0.4 is 0 Å². The number of nitrogens with zero attached hydrogens (tertiary/aromatic N) is 1. The van der Waals surface area contributed by atoms with Crippen LogP contribution in [-0.4, -0.2) is 4.57 Å². The Morgan fingerprint density at radius 1 is 0.484 bits per heavy atom. The topological polar surface area (TPSA) is 4.93 Å². The van der Waals surface area contributed by atoms with Crippen LogP contribution in [0.15, 0.2) is 103 Å². The van der Waals surface area contributed by atoms with E-state index in [4.69, 9.17) is 0 Å². The molecule has 0 bridgehead atoms. The fraction of sp³-hybridized carbons (Fsp3) is 0.143. The third-order valence-electron chi connectivity index (χ3n) is 4.81. The maximum atomic E-state index is 3.22. The minimum absolute atomic E-state index is 1.22. The number of aromatic nitrogens is 1. The number of rotatable bonds is 1. The molecular formula is C28H31NS2. The Morgan fingerprint density at radius 2 is 0.871 bits per heavy atom. The smallest absolute Gasteiger partial charge is 0.0541 e. The Kier molecular flexibility index (Phi) is 10.3. The van der Waals surface area contributed by atoms with Gasteiger partial charge in [-0.05, 0) is 38.1 Å². The second-order valence-corrected chi connectivity index (χ2v) is 6.86. The Bertz CT molecular complexity index is 1120. The minimum atomic E-state index is 1.22. The molecular weight excluding hydrogens is 414 g/mol. The number of aryl methyl sites for hydroxylation is 2. The molecule has 1 aromatic heterocycles. The van der Waals surface area contributed by atoms with Crippen molar-refractivity contribution in [3.8, 4) is 5.69 Å². The van der Waals surface area contributed by atoms with Gasteiger partial charge in [-0.15, -0.1) is 23.3 Å². The van der Waals surface area contributed by atoms with Crippen molar-refractivity contribution in [2.45, 2.75) is 27.7 Å². The van der Waals surface area contributed by atoms with Gasteiger partial charge in [-0.1, -0.05) is 104 Å². The molecule has 0 aliphatic carbocycles. The second kappa shape index (κ2) is 12.9. The van der Waals surface area contributed by atoms with E-state index in [0.717, 1.165) is 0 Å². The van der Waals surface area contributed by atoms with Crippen LogP contribution >= 0.6 is 23.3 Å². The Balaban J connectivity index is 0.000000261. The molecule has 0 amide bonds. The average Bonchev–Trinajstić information content (AvgIpc) is 3.18. The Morgan fingerprint density at radius 3 is 1.29 bits per heavy atom. The number of hydrogen-bond donors (Lipinski definition) is 2. The van der Waals surface area contributed by atoms with E-state index in [-0.39, 0.29) is 0 Å². The molecule has 5 rings (SSSR count). The highest BCUT2D eigenvalue weighted by Crippen LogP contribution is 2.31. The summed E-state index contributed by atoms with van der Waals surface area (Å²) in [6.45, 7) is 8.20. The van der Waals surface area contributed by atoms with Crippen molar-refractivity contribution in [1.29, 1.82) is 0 Å². The lowest BCUT2D eigenvalue weighted by molar-refractivity contribution is 1.17. The van der Waals surface area contributed by atoms with E-state index in [0.29, 0.717) is 0 Å². The summed E-state index contributed by atoms with van der Waals surface area (Å²) in [4.78, 5) is 0. The lowest BCUT2D eigenvalue weighted by Gasteiger charge is -2.07. The molecule has 1 heterocycles. The summed E-state index contributed by atoms with van der Waals surface area (Å²) in [5.41, 5.74) is 6.35. The van der Waals surface area contributed by atoms with Gasteiger partial charge in [-0.3, -0.25) is 0 Å². The van der Waals surface area contributed by atoms with E-state index >= 15 is 0 Å².